The summed E-state index contributed by atoms with van der Waals surface area (Å²) in [5.74, 6) is 0. The van der Waals surface area contributed by atoms with Crippen molar-refractivity contribution >= 4 is 10.3 Å². The largest absolute Gasteiger partial charge is 0.330 e. The molecule has 0 heterocycles. The quantitative estimate of drug-likeness (QED) is 0.422. The minimum absolute atomic E-state index is 0. The second-order valence-corrected chi connectivity index (χ2v) is 1.54. The molecular formula is H3CrNO3S. The fourth-order valence-corrected chi connectivity index (χ4v) is 0. The first-order chi connectivity index (χ1) is 2.00. The van der Waals surface area contributed by atoms with E-state index in [4.69, 9.17) is 13.0 Å². The van der Waals surface area contributed by atoms with Crippen molar-refractivity contribution in [3.05, 3.63) is 0 Å². The summed E-state index contributed by atoms with van der Waals surface area (Å²) < 4.78 is 25.2. The first kappa shape index (κ1) is 9.64. The first-order valence-corrected chi connectivity index (χ1v) is 2.25. The molecule has 38 valence electrons. The molecule has 0 aromatic carbocycles. The molecule has 3 N–H and O–H groups in total. The zero-order valence-electron chi connectivity index (χ0n) is 2.66. The van der Waals surface area contributed by atoms with Gasteiger partial charge in [-0.15, -0.1) is 0 Å². The molecule has 0 aliphatic rings. The predicted molar refractivity (Wildman–Crippen MR) is 15.7 cm³/mol. The van der Waals surface area contributed by atoms with Gasteiger partial charge in [0, 0.05) is 17.4 Å². The second-order valence-electron chi connectivity index (χ2n) is 0.515. The van der Waals surface area contributed by atoms with Crippen molar-refractivity contribution in [2.45, 2.75) is 0 Å². The van der Waals surface area contributed by atoms with Crippen LogP contribution in [0.25, 0.3) is 0 Å². The van der Waals surface area contributed by atoms with E-state index in [0.29, 0.717) is 0 Å². The van der Waals surface area contributed by atoms with Gasteiger partial charge in [-0.25, -0.2) is 5.14 Å². The van der Waals surface area contributed by atoms with Crippen molar-refractivity contribution in [2.24, 2.45) is 5.14 Å². The summed E-state index contributed by atoms with van der Waals surface area (Å²) in [4.78, 5) is 0. The molecular weight excluding hydrogens is 146 g/mol. The molecule has 0 fully saturated rings. The van der Waals surface area contributed by atoms with Crippen LogP contribution in [0.15, 0.2) is 0 Å². The Balaban J connectivity index is 0. The molecule has 0 rings (SSSR count). The van der Waals surface area contributed by atoms with E-state index < -0.39 is 10.3 Å². The number of rotatable bonds is 0. The van der Waals surface area contributed by atoms with E-state index in [-0.39, 0.29) is 17.4 Å². The van der Waals surface area contributed by atoms with Crippen molar-refractivity contribution in [3.8, 4) is 0 Å². The average molecular weight is 149 g/mol. The third kappa shape index (κ3) is 315. The van der Waals surface area contributed by atoms with Crippen LogP contribution in [0.4, 0.5) is 0 Å². The van der Waals surface area contributed by atoms with Crippen LogP contribution >= 0.6 is 0 Å². The summed E-state index contributed by atoms with van der Waals surface area (Å²) in [6, 6.07) is 0. The molecule has 0 amide bonds. The van der Waals surface area contributed by atoms with E-state index in [1.54, 1.807) is 0 Å². The maximum atomic E-state index is 8.97. The Morgan fingerprint density at radius 2 is 1.50 bits per heavy atom. The average Bonchev–Trinajstić information content (AvgIpc) is 0.722. The molecule has 0 atom stereocenters. The normalized spacial score (nSPS) is 9.67. The third-order valence-electron chi connectivity index (χ3n) is 0. The number of nitrogens with two attached hydrogens (primary N) is 1. The monoisotopic (exact) mass is 149 g/mol. The summed E-state index contributed by atoms with van der Waals surface area (Å²) in [7, 11) is -4.17. The smallest absolute Gasteiger partial charge is 0.274 e. The fraction of sp³-hybridized carbons (Fsp3) is 0. The van der Waals surface area contributed by atoms with E-state index in [1.807, 2.05) is 0 Å². The van der Waals surface area contributed by atoms with Crippen LogP contribution in [0.5, 0.6) is 0 Å². The summed E-state index contributed by atoms with van der Waals surface area (Å²) >= 11 is 0. The maximum Gasteiger partial charge on any atom is 0.330 e. The molecule has 0 aliphatic carbocycles. The van der Waals surface area contributed by atoms with E-state index in [1.165, 1.54) is 0 Å². The Labute approximate surface area is 46.4 Å². The van der Waals surface area contributed by atoms with Gasteiger partial charge in [0.25, 0.3) is 0 Å². The van der Waals surface area contributed by atoms with E-state index >= 15 is 0 Å². The van der Waals surface area contributed by atoms with E-state index in [0.717, 1.165) is 0 Å². The van der Waals surface area contributed by atoms with Crippen LogP contribution in [0, 0.1) is 0 Å². The standard InChI is InChI=1S/Cr.H3NO3S/c;1-5(2,3)4/h;(H3,1,2,3,4). The van der Waals surface area contributed by atoms with Gasteiger partial charge in [-0.2, -0.15) is 8.42 Å². The van der Waals surface area contributed by atoms with Crippen molar-refractivity contribution in [1.29, 1.82) is 0 Å². The van der Waals surface area contributed by atoms with Gasteiger partial charge in [0.2, 0.25) is 0 Å². The molecule has 0 aliphatic heterocycles. The Hall–Kier alpha value is 0.402. The molecule has 0 aromatic heterocycles. The van der Waals surface area contributed by atoms with Gasteiger partial charge in [-0.05, 0) is 0 Å². The number of hydrogen-bond acceptors (Lipinski definition) is 2. The zero-order chi connectivity index (χ0) is 4.50. The van der Waals surface area contributed by atoms with E-state index in [2.05, 4.69) is 5.14 Å². The molecule has 6 heavy (non-hydrogen) atoms. The molecule has 6 heteroatoms. The Morgan fingerprint density at radius 3 is 1.50 bits per heavy atom. The summed E-state index contributed by atoms with van der Waals surface area (Å²) in [6.07, 6.45) is 0. The van der Waals surface area contributed by atoms with Crippen molar-refractivity contribution in [3.63, 3.8) is 0 Å². The SMILES string of the molecule is NS(=O)(=O)O.[Cr]. The second kappa shape index (κ2) is 2.55. The minimum Gasteiger partial charge on any atom is -0.274 e. The summed E-state index contributed by atoms with van der Waals surface area (Å²) in [5.41, 5.74) is 0. The van der Waals surface area contributed by atoms with Crippen LogP contribution in [0.3, 0.4) is 0 Å². The van der Waals surface area contributed by atoms with Crippen LogP contribution in [-0.2, 0) is 27.7 Å². The van der Waals surface area contributed by atoms with E-state index in [9.17, 15) is 0 Å². The van der Waals surface area contributed by atoms with Gasteiger partial charge in [-0.3, -0.25) is 4.55 Å². The molecule has 0 bridgehead atoms. The van der Waals surface area contributed by atoms with Crippen LogP contribution < -0.4 is 5.14 Å². The van der Waals surface area contributed by atoms with Crippen molar-refractivity contribution in [2.75, 3.05) is 0 Å². The van der Waals surface area contributed by atoms with Gasteiger partial charge >= 0.3 is 10.3 Å². The summed E-state index contributed by atoms with van der Waals surface area (Å²) in [5, 5.41) is 3.88. The molecule has 0 unspecified atom stereocenters. The molecule has 0 radical (unpaired) electrons. The van der Waals surface area contributed by atoms with Gasteiger partial charge in [-0.1, -0.05) is 0 Å². The maximum absolute atomic E-state index is 8.97. The van der Waals surface area contributed by atoms with Crippen molar-refractivity contribution < 1.29 is 30.3 Å². The number of hydrogen-bond donors (Lipinski definition) is 2. The fourth-order valence-electron chi connectivity index (χ4n) is 0. The molecule has 0 spiro atoms. The predicted octanol–water partition coefficient (Wildman–Crippen LogP) is -1.25. The van der Waals surface area contributed by atoms with Gasteiger partial charge in [0.15, 0.2) is 0 Å². The Morgan fingerprint density at radius 1 is 1.50 bits per heavy atom. The van der Waals surface area contributed by atoms with Gasteiger partial charge in [0.05, 0.1) is 0 Å². The van der Waals surface area contributed by atoms with Crippen LogP contribution in [0.1, 0.15) is 0 Å². The molecule has 0 aromatic rings. The minimum atomic E-state index is -4.17. The Bertz CT molecular complexity index is 94.0. The van der Waals surface area contributed by atoms with Crippen LogP contribution in [-0.4, -0.2) is 13.0 Å². The van der Waals surface area contributed by atoms with Gasteiger partial charge < -0.3 is 0 Å². The first-order valence-electron chi connectivity index (χ1n) is 0.752. The molecule has 4 nitrogen and oxygen atoms in total. The molecule has 0 saturated heterocycles. The van der Waals surface area contributed by atoms with Gasteiger partial charge in [0.1, 0.15) is 0 Å². The topological polar surface area (TPSA) is 80.4 Å². The molecule has 0 saturated carbocycles. The van der Waals surface area contributed by atoms with Crippen molar-refractivity contribution in [1.82, 2.24) is 0 Å². The third-order valence-corrected chi connectivity index (χ3v) is 0. The Kier molecular flexibility index (Phi) is 4.10. The summed E-state index contributed by atoms with van der Waals surface area (Å²) in [6.45, 7) is 0. The van der Waals surface area contributed by atoms with Crippen LogP contribution in [0.2, 0.25) is 0 Å². The zero-order valence-corrected chi connectivity index (χ0v) is 4.75.